The molecule has 2 aromatic rings. The summed E-state index contributed by atoms with van der Waals surface area (Å²) in [6.07, 6.45) is -0.856. The van der Waals surface area contributed by atoms with Gasteiger partial charge in [0.1, 0.15) is 5.71 Å². The second-order valence-corrected chi connectivity index (χ2v) is 7.40. The highest BCUT2D eigenvalue weighted by Crippen LogP contribution is 2.41. The van der Waals surface area contributed by atoms with Gasteiger partial charge in [-0.2, -0.15) is 0 Å². The minimum absolute atomic E-state index is 0.201. The second kappa shape index (κ2) is 6.52. The van der Waals surface area contributed by atoms with Crippen LogP contribution in [0.1, 0.15) is 21.8 Å². The van der Waals surface area contributed by atoms with Crippen LogP contribution < -0.4 is 0 Å². The molecule has 3 nitrogen and oxygen atoms in total. The zero-order valence-electron chi connectivity index (χ0n) is 11.8. The molecule has 0 bridgehead atoms. The Morgan fingerprint density at radius 3 is 2.09 bits per heavy atom. The monoisotopic (exact) mass is 367 g/mol. The van der Waals surface area contributed by atoms with Crippen molar-refractivity contribution in [3.05, 3.63) is 71.8 Å². The van der Waals surface area contributed by atoms with Crippen LogP contribution in [0.2, 0.25) is 0 Å². The van der Waals surface area contributed by atoms with E-state index in [2.05, 4.69) is 5.16 Å². The molecule has 2 atom stereocenters. The highest BCUT2D eigenvalue weighted by molar-refractivity contribution is 6.77. The first-order chi connectivity index (χ1) is 11.0. The normalized spacial score (nSPS) is 20.7. The van der Waals surface area contributed by atoms with Crippen LogP contribution in [-0.4, -0.2) is 21.4 Å². The summed E-state index contributed by atoms with van der Waals surface area (Å²) < 4.78 is -1.74. The van der Waals surface area contributed by atoms with Gasteiger partial charge in [-0.1, -0.05) is 101 Å². The van der Waals surface area contributed by atoms with Gasteiger partial charge in [-0.05, 0) is 5.56 Å². The van der Waals surface area contributed by atoms with Crippen LogP contribution in [0.3, 0.4) is 0 Å². The van der Waals surface area contributed by atoms with Gasteiger partial charge in [0.2, 0.25) is 15.7 Å². The highest BCUT2D eigenvalue weighted by atomic mass is 35.6. The zero-order valence-corrected chi connectivity index (χ0v) is 14.1. The lowest BCUT2D eigenvalue weighted by atomic mass is 9.86. The lowest BCUT2D eigenvalue weighted by molar-refractivity contribution is 0.0516. The molecule has 0 saturated carbocycles. The summed E-state index contributed by atoms with van der Waals surface area (Å²) >= 11 is 18.0. The number of hydrogen-bond donors (Lipinski definition) is 0. The number of ketones is 1. The molecule has 23 heavy (non-hydrogen) atoms. The second-order valence-electron chi connectivity index (χ2n) is 5.12. The van der Waals surface area contributed by atoms with Gasteiger partial charge in [-0.25, -0.2) is 0 Å². The minimum atomic E-state index is -1.74. The Morgan fingerprint density at radius 2 is 1.52 bits per heavy atom. The van der Waals surface area contributed by atoms with E-state index < -0.39 is 15.8 Å². The summed E-state index contributed by atoms with van der Waals surface area (Å²) in [5.41, 5.74) is 1.55. The average molecular weight is 369 g/mol. The van der Waals surface area contributed by atoms with Crippen molar-refractivity contribution in [1.82, 2.24) is 0 Å². The van der Waals surface area contributed by atoms with E-state index in [1.165, 1.54) is 0 Å². The van der Waals surface area contributed by atoms with E-state index >= 15 is 0 Å². The molecule has 1 aliphatic heterocycles. The molecule has 0 N–H and O–H groups in total. The molecule has 0 aliphatic carbocycles. The number of rotatable bonds is 3. The van der Waals surface area contributed by atoms with Gasteiger partial charge in [0, 0.05) is 5.56 Å². The third kappa shape index (κ3) is 3.37. The van der Waals surface area contributed by atoms with Gasteiger partial charge < -0.3 is 4.84 Å². The molecule has 6 heteroatoms. The molecule has 0 radical (unpaired) electrons. The third-order valence-electron chi connectivity index (χ3n) is 3.63. The highest BCUT2D eigenvalue weighted by Gasteiger charge is 2.48. The van der Waals surface area contributed by atoms with Crippen molar-refractivity contribution in [2.24, 2.45) is 5.16 Å². The van der Waals surface area contributed by atoms with Crippen LogP contribution in [-0.2, 0) is 4.84 Å². The van der Waals surface area contributed by atoms with E-state index in [9.17, 15) is 4.79 Å². The van der Waals surface area contributed by atoms with Crippen molar-refractivity contribution in [3.8, 4) is 0 Å². The number of Topliss-reactive ketones (excluding diaryl/α,β-unsaturated/α-hetero) is 1. The maximum Gasteiger partial charge on any atom is 0.232 e. The summed E-state index contributed by atoms with van der Waals surface area (Å²) in [5.74, 6) is -0.746. The van der Waals surface area contributed by atoms with Gasteiger partial charge in [0.05, 0.1) is 5.92 Å². The molecule has 0 amide bonds. The van der Waals surface area contributed by atoms with E-state index in [1.54, 1.807) is 24.3 Å². The fourth-order valence-corrected chi connectivity index (χ4v) is 3.02. The fourth-order valence-electron chi connectivity index (χ4n) is 2.56. The number of nitrogens with zero attached hydrogens (tertiary/aromatic N) is 1. The van der Waals surface area contributed by atoms with Crippen molar-refractivity contribution in [1.29, 1.82) is 0 Å². The van der Waals surface area contributed by atoms with Gasteiger partial charge >= 0.3 is 0 Å². The molecule has 0 aromatic heterocycles. The summed E-state index contributed by atoms with van der Waals surface area (Å²) in [6.45, 7) is 0. The summed E-state index contributed by atoms with van der Waals surface area (Å²) in [5, 5.41) is 3.89. The predicted octanol–water partition coefficient (Wildman–Crippen LogP) is 4.78. The largest absolute Gasteiger partial charge is 0.383 e. The van der Waals surface area contributed by atoms with Crippen molar-refractivity contribution in [3.63, 3.8) is 0 Å². The van der Waals surface area contributed by atoms with E-state index in [0.717, 1.165) is 5.56 Å². The summed E-state index contributed by atoms with van der Waals surface area (Å²) in [6, 6.07) is 18.2. The smallest absolute Gasteiger partial charge is 0.232 e. The first kappa shape index (κ1) is 16.3. The van der Waals surface area contributed by atoms with Gasteiger partial charge in [-0.3, -0.25) is 4.79 Å². The first-order valence-corrected chi connectivity index (χ1v) is 8.07. The zero-order chi connectivity index (χ0) is 16.4. The Morgan fingerprint density at radius 1 is 0.957 bits per heavy atom. The summed E-state index contributed by atoms with van der Waals surface area (Å²) in [4.78, 5) is 18.1. The molecule has 3 rings (SSSR count). The number of alkyl halides is 3. The average Bonchev–Trinajstić information content (AvgIpc) is 3.01. The number of carbonyl (C=O) groups excluding carboxylic acids is 1. The maximum absolute atomic E-state index is 12.8. The maximum atomic E-state index is 12.8. The number of benzene rings is 2. The van der Waals surface area contributed by atoms with Crippen molar-refractivity contribution < 1.29 is 9.63 Å². The lowest BCUT2D eigenvalue weighted by Gasteiger charge is -2.21. The van der Waals surface area contributed by atoms with Crippen LogP contribution in [0.25, 0.3) is 0 Å². The van der Waals surface area contributed by atoms with E-state index in [0.29, 0.717) is 5.56 Å². The number of hydrogen-bond acceptors (Lipinski definition) is 3. The predicted molar refractivity (Wildman–Crippen MR) is 92.6 cm³/mol. The first-order valence-electron chi connectivity index (χ1n) is 6.93. The number of carbonyl (C=O) groups is 1. The third-order valence-corrected chi connectivity index (χ3v) is 4.21. The molecular formula is C17H12Cl3NO2. The molecule has 0 saturated heterocycles. The molecule has 2 aromatic carbocycles. The van der Waals surface area contributed by atoms with Gasteiger partial charge in [0.25, 0.3) is 0 Å². The minimum Gasteiger partial charge on any atom is -0.383 e. The Kier molecular flexibility index (Phi) is 4.62. The topological polar surface area (TPSA) is 38.7 Å². The van der Waals surface area contributed by atoms with E-state index in [1.807, 2.05) is 36.4 Å². The Balaban J connectivity index is 2.00. The molecule has 0 unspecified atom stereocenters. The van der Waals surface area contributed by atoms with Gasteiger partial charge in [0.15, 0.2) is 0 Å². The molecule has 0 fully saturated rings. The van der Waals surface area contributed by atoms with Crippen LogP contribution in [0.4, 0.5) is 0 Å². The number of halogens is 3. The quantitative estimate of drug-likeness (QED) is 0.578. The van der Waals surface area contributed by atoms with Gasteiger partial charge in [-0.15, -0.1) is 0 Å². The van der Waals surface area contributed by atoms with Crippen LogP contribution in [0.5, 0.6) is 0 Å². The molecule has 1 aliphatic rings. The SMILES string of the molecule is O=C(c1ccccc1)[C@H]1ON=C(C(Cl)(Cl)Cl)[C@@H]1c1ccccc1. The standard InChI is InChI=1S/C17H12Cl3NO2/c18-17(19,20)16-13(11-7-3-1-4-8-11)15(23-21-16)14(22)12-9-5-2-6-10-12/h1-10,13,15H/t13-,15+/m1/s1. The van der Waals surface area contributed by atoms with Crippen LogP contribution in [0.15, 0.2) is 65.8 Å². The number of oxime groups is 1. The van der Waals surface area contributed by atoms with E-state index in [-0.39, 0.29) is 11.5 Å². The molecule has 1 heterocycles. The summed E-state index contributed by atoms with van der Waals surface area (Å²) in [7, 11) is 0. The van der Waals surface area contributed by atoms with Crippen LogP contribution >= 0.6 is 34.8 Å². The lowest BCUT2D eigenvalue weighted by Crippen LogP contribution is -2.34. The van der Waals surface area contributed by atoms with E-state index in [4.69, 9.17) is 39.6 Å². The molecule has 118 valence electrons. The Labute approximate surface area is 148 Å². The Bertz CT molecular complexity index is 727. The van der Waals surface area contributed by atoms with Crippen molar-refractivity contribution in [2.75, 3.05) is 0 Å². The Hall–Kier alpha value is -1.55. The van der Waals surface area contributed by atoms with Crippen molar-refractivity contribution >= 4 is 46.3 Å². The molecule has 0 spiro atoms. The van der Waals surface area contributed by atoms with Crippen molar-refractivity contribution in [2.45, 2.75) is 15.8 Å². The van der Waals surface area contributed by atoms with Crippen LogP contribution in [0, 0.1) is 0 Å². The fraction of sp³-hybridized carbons (Fsp3) is 0.176. The molecular weight excluding hydrogens is 357 g/mol.